The number of carbonyl (C=O) groups is 1. The van der Waals surface area contributed by atoms with Crippen LogP contribution in [0.25, 0.3) is 0 Å². The minimum atomic E-state index is -0.813. The monoisotopic (exact) mass is 201 g/mol. The molecule has 1 aromatic rings. The van der Waals surface area contributed by atoms with Gasteiger partial charge in [-0.05, 0) is 24.1 Å². The van der Waals surface area contributed by atoms with Crippen molar-refractivity contribution in [1.29, 1.82) is 0 Å². The Hall–Kier alpha value is -1.29. The molecule has 3 nitrogen and oxygen atoms in total. The summed E-state index contributed by atoms with van der Waals surface area (Å²) in [6.45, 7) is 0.717. The van der Waals surface area contributed by atoms with E-state index < -0.39 is 5.97 Å². The van der Waals surface area contributed by atoms with Gasteiger partial charge in [0.15, 0.2) is 7.98 Å². The third kappa shape index (κ3) is 2.05. The average Bonchev–Trinajstić information content (AvgIpc) is 2.22. The Bertz CT molecular complexity index is 381. The Morgan fingerprint density at radius 1 is 1.53 bits per heavy atom. The summed E-state index contributed by atoms with van der Waals surface area (Å²) in [4.78, 5) is 12.4. The molecule has 0 amide bonds. The van der Waals surface area contributed by atoms with E-state index >= 15 is 0 Å². The highest BCUT2D eigenvalue weighted by molar-refractivity contribution is 6.05. The van der Waals surface area contributed by atoms with Gasteiger partial charge in [-0.2, -0.15) is 0 Å². The molecule has 1 unspecified atom stereocenters. The fraction of sp³-hybridized carbons (Fsp3) is 0.364. The van der Waals surface area contributed by atoms with Crippen molar-refractivity contribution >= 4 is 14.0 Å². The zero-order chi connectivity index (χ0) is 10.8. The Kier molecular flexibility index (Phi) is 2.78. The predicted octanol–water partition coefficient (Wildman–Crippen LogP) is 1.14. The maximum absolute atomic E-state index is 10.7. The molecule has 4 heteroatoms. The van der Waals surface area contributed by atoms with E-state index in [0.717, 1.165) is 18.5 Å². The van der Waals surface area contributed by atoms with Crippen LogP contribution in [-0.4, -0.2) is 30.4 Å². The smallest absolute Gasteiger partial charge is 0.305 e. The van der Waals surface area contributed by atoms with Crippen molar-refractivity contribution in [2.24, 2.45) is 0 Å². The van der Waals surface area contributed by atoms with E-state index in [1.165, 1.54) is 5.56 Å². The minimum Gasteiger partial charge on any atom is -0.481 e. The van der Waals surface area contributed by atoms with Crippen molar-refractivity contribution in [1.82, 2.24) is 4.81 Å². The Labute approximate surface area is 90.1 Å². The van der Waals surface area contributed by atoms with Crippen molar-refractivity contribution in [3.05, 3.63) is 35.4 Å². The quantitative estimate of drug-likeness (QED) is 0.729. The molecule has 0 bridgehead atoms. The molecule has 0 aliphatic carbocycles. The highest BCUT2D eigenvalue weighted by atomic mass is 16.4. The number of carboxylic acids is 1. The lowest BCUT2D eigenvalue weighted by Gasteiger charge is -2.34. The first-order valence-electron chi connectivity index (χ1n) is 4.99. The van der Waals surface area contributed by atoms with Gasteiger partial charge in [-0.1, -0.05) is 24.3 Å². The summed E-state index contributed by atoms with van der Waals surface area (Å²) in [5, 5.41) is 8.83. The third-order valence-electron chi connectivity index (χ3n) is 2.82. The second kappa shape index (κ2) is 4.07. The molecule has 0 aromatic heterocycles. The largest absolute Gasteiger partial charge is 0.481 e. The molecule has 0 fully saturated rings. The van der Waals surface area contributed by atoms with Crippen molar-refractivity contribution in [3.8, 4) is 0 Å². The van der Waals surface area contributed by atoms with E-state index in [1.807, 2.05) is 24.3 Å². The maximum Gasteiger partial charge on any atom is 0.305 e. The van der Waals surface area contributed by atoms with Gasteiger partial charge < -0.3 is 9.92 Å². The van der Waals surface area contributed by atoms with E-state index in [-0.39, 0.29) is 12.5 Å². The molecule has 0 saturated heterocycles. The average molecular weight is 201 g/mol. The molecular weight excluding hydrogens is 189 g/mol. The van der Waals surface area contributed by atoms with Crippen LogP contribution in [0.4, 0.5) is 0 Å². The first-order valence-corrected chi connectivity index (χ1v) is 4.99. The molecule has 2 radical (unpaired) electrons. The van der Waals surface area contributed by atoms with E-state index in [4.69, 9.17) is 13.1 Å². The molecule has 1 atom stereocenters. The van der Waals surface area contributed by atoms with Crippen LogP contribution in [0, 0.1) is 0 Å². The fourth-order valence-electron chi connectivity index (χ4n) is 2.06. The van der Waals surface area contributed by atoms with Gasteiger partial charge in [-0.3, -0.25) is 4.79 Å². The first kappa shape index (κ1) is 10.2. The Morgan fingerprint density at radius 3 is 3.00 bits per heavy atom. The van der Waals surface area contributed by atoms with Gasteiger partial charge in [-0.15, -0.1) is 0 Å². The molecule has 0 saturated carbocycles. The molecule has 15 heavy (non-hydrogen) atoms. The summed E-state index contributed by atoms with van der Waals surface area (Å²) >= 11 is 0. The van der Waals surface area contributed by atoms with Crippen LogP contribution in [0.1, 0.15) is 23.6 Å². The molecule has 1 N–H and O–H groups in total. The number of nitrogens with zero attached hydrogens (tertiary/aromatic N) is 1. The Morgan fingerprint density at radius 2 is 2.27 bits per heavy atom. The normalized spacial score (nSPS) is 20.9. The summed E-state index contributed by atoms with van der Waals surface area (Å²) in [5.41, 5.74) is 2.26. The van der Waals surface area contributed by atoms with Gasteiger partial charge in [0.1, 0.15) is 0 Å². The Balaban J connectivity index is 2.32. The lowest BCUT2D eigenvalue weighted by molar-refractivity contribution is -0.138. The fourth-order valence-corrected chi connectivity index (χ4v) is 2.06. The lowest BCUT2D eigenvalue weighted by Crippen LogP contribution is -2.34. The number of hydrogen-bond acceptors (Lipinski definition) is 2. The van der Waals surface area contributed by atoms with Gasteiger partial charge in [0.2, 0.25) is 0 Å². The predicted molar refractivity (Wildman–Crippen MR) is 57.6 cm³/mol. The molecule has 2 rings (SSSR count). The van der Waals surface area contributed by atoms with Crippen LogP contribution in [0.5, 0.6) is 0 Å². The van der Waals surface area contributed by atoms with Crippen molar-refractivity contribution in [2.75, 3.05) is 6.54 Å². The standard InChI is InChI=1S/C11H12BNO2/c12-13-6-5-8-3-1-2-4-9(8)10(13)7-11(14)15/h1-4,10H,5-7H2,(H,14,15). The van der Waals surface area contributed by atoms with E-state index in [2.05, 4.69) is 0 Å². The number of carboxylic acid groups (broad SMARTS) is 1. The van der Waals surface area contributed by atoms with Gasteiger partial charge in [0.05, 0.1) is 6.42 Å². The van der Waals surface area contributed by atoms with Crippen LogP contribution in [0.3, 0.4) is 0 Å². The zero-order valence-electron chi connectivity index (χ0n) is 8.39. The highest BCUT2D eigenvalue weighted by Gasteiger charge is 2.25. The summed E-state index contributed by atoms with van der Waals surface area (Å²) in [6, 6.07) is 7.71. The zero-order valence-corrected chi connectivity index (χ0v) is 8.39. The topological polar surface area (TPSA) is 40.5 Å². The molecule has 0 spiro atoms. The third-order valence-corrected chi connectivity index (χ3v) is 2.82. The summed E-state index contributed by atoms with van der Waals surface area (Å²) in [6.07, 6.45) is 0.955. The van der Waals surface area contributed by atoms with Crippen LogP contribution < -0.4 is 0 Å². The van der Waals surface area contributed by atoms with E-state index in [9.17, 15) is 4.79 Å². The lowest BCUT2D eigenvalue weighted by atomic mass is 9.89. The van der Waals surface area contributed by atoms with Gasteiger partial charge in [0, 0.05) is 6.04 Å². The van der Waals surface area contributed by atoms with E-state index in [1.54, 1.807) is 4.81 Å². The molecule has 1 aromatic carbocycles. The molecule has 76 valence electrons. The van der Waals surface area contributed by atoms with Gasteiger partial charge in [0.25, 0.3) is 0 Å². The van der Waals surface area contributed by atoms with Gasteiger partial charge in [-0.25, -0.2) is 0 Å². The maximum atomic E-state index is 10.7. The van der Waals surface area contributed by atoms with Crippen molar-refractivity contribution < 1.29 is 9.90 Å². The van der Waals surface area contributed by atoms with Gasteiger partial charge >= 0.3 is 5.97 Å². The van der Waals surface area contributed by atoms with Crippen LogP contribution in [0.2, 0.25) is 0 Å². The molecule has 1 heterocycles. The first-order chi connectivity index (χ1) is 7.18. The van der Waals surface area contributed by atoms with Crippen molar-refractivity contribution in [2.45, 2.75) is 18.9 Å². The number of benzene rings is 1. The number of fused-ring (bicyclic) bond motifs is 1. The summed E-state index contributed by atoms with van der Waals surface area (Å²) in [5.74, 6) is -0.813. The molecular formula is C11H12BNO2. The highest BCUT2D eigenvalue weighted by Crippen LogP contribution is 2.30. The second-order valence-electron chi connectivity index (χ2n) is 3.80. The SMILES string of the molecule is [B]N1CCc2ccccc2C1CC(=O)O. The van der Waals surface area contributed by atoms with Crippen LogP contribution in [0.15, 0.2) is 24.3 Å². The number of aliphatic carboxylic acids is 1. The molecule has 1 aliphatic heterocycles. The summed E-state index contributed by atoms with van der Waals surface area (Å²) < 4.78 is 0. The summed E-state index contributed by atoms with van der Waals surface area (Å²) in [7, 11) is 5.81. The minimum absolute atomic E-state index is 0.0630. The van der Waals surface area contributed by atoms with Crippen molar-refractivity contribution in [3.63, 3.8) is 0 Å². The molecule has 1 aliphatic rings. The van der Waals surface area contributed by atoms with Crippen LogP contribution in [-0.2, 0) is 11.2 Å². The number of hydrogen-bond donors (Lipinski definition) is 1. The number of rotatable bonds is 2. The second-order valence-corrected chi connectivity index (χ2v) is 3.80. The van der Waals surface area contributed by atoms with Crippen LogP contribution >= 0.6 is 0 Å². The van der Waals surface area contributed by atoms with E-state index in [0.29, 0.717) is 0 Å².